The van der Waals surface area contributed by atoms with Crippen LogP contribution in [-0.4, -0.2) is 41.1 Å². The Morgan fingerprint density at radius 1 is 1.52 bits per heavy atom. The summed E-state index contributed by atoms with van der Waals surface area (Å²) in [7, 11) is 1.63. The molecule has 3 rings (SSSR count). The van der Waals surface area contributed by atoms with Crippen LogP contribution in [0.3, 0.4) is 0 Å². The van der Waals surface area contributed by atoms with Crippen molar-refractivity contribution in [3.8, 4) is 0 Å². The average Bonchev–Trinajstić information content (AvgIpc) is 2.65. The summed E-state index contributed by atoms with van der Waals surface area (Å²) >= 11 is 0. The summed E-state index contributed by atoms with van der Waals surface area (Å²) in [4.78, 5) is 25.9. The summed E-state index contributed by atoms with van der Waals surface area (Å²) in [5.74, 6) is 0. The van der Waals surface area contributed by atoms with Gasteiger partial charge in [0.05, 0.1) is 6.61 Å². The lowest BCUT2D eigenvalue weighted by atomic mass is 9.87. The van der Waals surface area contributed by atoms with E-state index in [2.05, 4.69) is 4.98 Å². The molecule has 0 spiro atoms. The van der Waals surface area contributed by atoms with Gasteiger partial charge in [-0.15, -0.1) is 0 Å². The average molecular weight is 296 g/mol. The quantitative estimate of drug-likeness (QED) is 0.869. The fourth-order valence-corrected chi connectivity index (χ4v) is 3.36. The van der Waals surface area contributed by atoms with E-state index in [1.54, 1.807) is 14.0 Å². The van der Waals surface area contributed by atoms with Crippen molar-refractivity contribution in [3.05, 3.63) is 32.6 Å². The van der Waals surface area contributed by atoms with Gasteiger partial charge in [-0.2, -0.15) is 0 Å². The number of hydrogen-bond donors (Lipinski definition) is 1. The minimum atomic E-state index is -0.583. The molecule has 2 fully saturated rings. The van der Waals surface area contributed by atoms with Crippen molar-refractivity contribution in [1.29, 1.82) is 0 Å². The van der Waals surface area contributed by atoms with E-state index in [0.29, 0.717) is 12.2 Å². The number of ether oxygens (including phenoxy) is 3. The zero-order valence-corrected chi connectivity index (χ0v) is 12.4. The molecule has 21 heavy (non-hydrogen) atoms. The fraction of sp³-hybridized carbons (Fsp3) is 0.714. The first kappa shape index (κ1) is 14.5. The molecule has 0 saturated carbocycles. The molecule has 1 aromatic heterocycles. The lowest BCUT2D eigenvalue weighted by Crippen LogP contribution is -2.49. The Morgan fingerprint density at radius 2 is 2.29 bits per heavy atom. The highest BCUT2D eigenvalue weighted by Crippen LogP contribution is 2.46. The normalized spacial score (nSPS) is 35.1. The van der Waals surface area contributed by atoms with Gasteiger partial charge in [0.25, 0.3) is 5.56 Å². The van der Waals surface area contributed by atoms with Crippen molar-refractivity contribution >= 4 is 0 Å². The van der Waals surface area contributed by atoms with Gasteiger partial charge < -0.3 is 14.2 Å². The summed E-state index contributed by atoms with van der Waals surface area (Å²) in [5, 5.41) is 0. The van der Waals surface area contributed by atoms with Gasteiger partial charge in [0.1, 0.15) is 17.8 Å². The number of fused-ring (bicyclic) bond motifs is 2. The molecule has 2 bridgehead atoms. The zero-order chi connectivity index (χ0) is 15.2. The van der Waals surface area contributed by atoms with Crippen molar-refractivity contribution < 1.29 is 14.2 Å². The van der Waals surface area contributed by atoms with Crippen LogP contribution in [0, 0.1) is 6.92 Å². The molecule has 7 heteroatoms. The number of aromatic nitrogens is 2. The predicted octanol–water partition coefficient (Wildman–Crippen LogP) is 0.327. The second-order valence-electron chi connectivity index (χ2n) is 5.65. The smallest absolute Gasteiger partial charge is 0.330 e. The van der Waals surface area contributed by atoms with Gasteiger partial charge in [0, 0.05) is 25.3 Å². The molecule has 1 N–H and O–H groups in total. The summed E-state index contributed by atoms with van der Waals surface area (Å²) in [5.41, 5.74) is -0.857. The molecular weight excluding hydrogens is 276 g/mol. The molecule has 116 valence electrons. The van der Waals surface area contributed by atoms with Crippen LogP contribution in [0.2, 0.25) is 0 Å². The monoisotopic (exact) mass is 296 g/mol. The minimum absolute atomic E-state index is 0.222. The van der Waals surface area contributed by atoms with E-state index in [9.17, 15) is 9.59 Å². The van der Waals surface area contributed by atoms with E-state index in [0.717, 1.165) is 12.8 Å². The van der Waals surface area contributed by atoms with Crippen LogP contribution in [-0.2, 0) is 14.2 Å². The second kappa shape index (κ2) is 5.08. The van der Waals surface area contributed by atoms with Gasteiger partial charge in [0.2, 0.25) is 0 Å². The minimum Gasteiger partial charge on any atom is -0.376 e. The first-order chi connectivity index (χ1) is 10.0. The van der Waals surface area contributed by atoms with E-state index in [4.69, 9.17) is 14.2 Å². The van der Waals surface area contributed by atoms with Gasteiger partial charge in [-0.05, 0) is 13.3 Å². The van der Waals surface area contributed by atoms with Gasteiger partial charge in [-0.25, -0.2) is 4.79 Å². The van der Waals surface area contributed by atoms with E-state index >= 15 is 0 Å². The fourth-order valence-electron chi connectivity index (χ4n) is 3.36. The Labute approximate surface area is 121 Å². The van der Waals surface area contributed by atoms with Crippen molar-refractivity contribution in [3.63, 3.8) is 0 Å². The Kier molecular flexibility index (Phi) is 3.51. The van der Waals surface area contributed by atoms with E-state index in [1.165, 1.54) is 10.8 Å². The standard InChI is InChI=1S/C14H20N2O5/c1-4-14-5-6-20-9(10(14)19-3)12(21-14)16-7-8(2)11(17)15-13(16)18/h7,9-10,12H,4-6H2,1-3H3,(H,15,17,18)/t9?,10?,12-,14+/m1/s1. The highest BCUT2D eigenvalue weighted by atomic mass is 16.6. The molecule has 3 heterocycles. The van der Waals surface area contributed by atoms with E-state index < -0.39 is 17.5 Å². The van der Waals surface area contributed by atoms with E-state index in [1.807, 2.05) is 6.92 Å². The second-order valence-corrected chi connectivity index (χ2v) is 5.65. The Bertz CT molecular complexity index is 651. The van der Waals surface area contributed by atoms with Crippen molar-refractivity contribution in [2.75, 3.05) is 13.7 Å². The Hall–Kier alpha value is -1.44. The molecule has 0 aromatic carbocycles. The summed E-state index contributed by atoms with van der Waals surface area (Å²) in [6.45, 7) is 4.27. The van der Waals surface area contributed by atoms with Crippen LogP contribution < -0.4 is 11.2 Å². The number of nitrogens with one attached hydrogen (secondary N) is 1. The molecule has 0 aliphatic carbocycles. The SMILES string of the molecule is CC[C@]12CCOC(C1OC)[C@H](n1cc(C)c(=O)[nH]c1=O)O2. The van der Waals surface area contributed by atoms with Gasteiger partial charge in [0.15, 0.2) is 6.23 Å². The van der Waals surface area contributed by atoms with Crippen molar-refractivity contribution in [2.24, 2.45) is 0 Å². The number of nitrogens with zero attached hydrogens (tertiary/aromatic N) is 1. The molecule has 2 unspecified atom stereocenters. The largest absolute Gasteiger partial charge is 0.376 e. The third kappa shape index (κ3) is 2.07. The molecule has 0 radical (unpaired) electrons. The highest BCUT2D eigenvalue weighted by molar-refractivity contribution is 5.08. The zero-order valence-electron chi connectivity index (χ0n) is 12.4. The molecule has 1 aromatic rings. The summed E-state index contributed by atoms with van der Waals surface area (Å²) in [6.07, 6.45) is 1.87. The summed E-state index contributed by atoms with van der Waals surface area (Å²) < 4.78 is 18.9. The van der Waals surface area contributed by atoms with E-state index in [-0.39, 0.29) is 17.8 Å². The number of methoxy groups -OCH3 is 1. The summed E-state index contributed by atoms with van der Waals surface area (Å²) in [6, 6.07) is 0. The molecule has 2 saturated heterocycles. The number of rotatable bonds is 3. The van der Waals surface area contributed by atoms with Crippen LogP contribution >= 0.6 is 0 Å². The molecule has 0 amide bonds. The van der Waals surface area contributed by atoms with Gasteiger partial charge >= 0.3 is 5.69 Å². The molecule has 2 aliphatic rings. The van der Waals surface area contributed by atoms with Gasteiger partial charge in [-0.1, -0.05) is 6.92 Å². The Morgan fingerprint density at radius 3 is 2.90 bits per heavy atom. The molecule has 7 nitrogen and oxygen atoms in total. The van der Waals surface area contributed by atoms with Crippen LogP contribution in [0.1, 0.15) is 31.6 Å². The molecule has 2 aliphatic heterocycles. The lowest BCUT2D eigenvalue weighted by Gasteiger charge is -2.36. The third-order valence-corrected chi connectivity index (χ3v) is 4.56. The van der Waals surface area contributed by atoms with Crippen molar-refractivity contribution in [1.82, 2.24) is 9.55 Å². The lowest BCUT2D eigenvalue weighted by molar-refractivity contribution is -0.136. The number of H-pyrrole nitrogens is 1. The number of hydrogen-bond acceptors (Lipinski definition) is 5. The number of aryl methyl sites for hydroxylation is 1. The topological polar surface area (TPSA) is 82.5 Å². The third-order valence-electron chi connectivity index (χ3n) is 4.56. The van der Waals surface area contributed by atoms with Crippen LogP contribution in [0.4, 0.5) is 0 Å². The first-order valence-electron chi connectivity index (χ1n) is 7.16. The maximum Gasteiger partial charge on any atom is 0.330 e. The maximum atomic E-state index is 12.1. The van der Waals surface area contributed by atoms with Crippen molar-refractivity contribution in [2.45, 2.75) is 50.7 Å². The van der Waals surface area contributed by atoms with Crippen LogP contribution in [0.5, 0.6) is 0 Å². The maximum absolute atomic E-state index is 12.1. The van der Waals surface area contributed by atoms with Gasteiger partial charge in [-0.3, -0.25) is 14.3 Å². The molecule has 4 atom stereocenters. The predicted molar refractivity (Wildman–Crippen MR) is 74.4 cm³/mol. The van der Waals surface area contributed by atoms with Crippen LogP contribution in [0.15, 0.2) is 15.8 Å². The van der Waals surface area contributed by atoms with Crippen LogP contribution in [0.25, 0.3) is 0 Å². The molecular formula is C14H20N2O5. The Balaban J connectivity index is 2.07. The number of aromatic amines is 1. The first-order valence-corrected chi connectivity index (χ1v) is 7.16. The highest BCUT2D eigenvalue weighted by Gasteiger charge is 2.58.